The van der Waals surface area contributed by atoms with E-state index in [-0.39, 0.29) is 5.54 Å². The van der Waals surface area contributed by atoms with Crippen LogP contribution in [0, 0.1) is 0 Å². The van der Waals surface area contributed by atoms with Crippen LogP contribution in [0.2, 0.25) is 0 Å². The van der Waals surface area contributed by atoms with Crippen molar-refractivity contribution in [3.05, 3.63) is 0 Å². The maximum absolute atomic E-state index is 9.47. The van der Waals surface area contributed by atoms with Crippen molar-refractivity contribution in [2.24, 2.45) is 5.73 Å². The molecule has 0 aromatic rings. The predicted octanol–water partition coefficient (Wildman–Crippen LogP) is 3.30. The standard InChI is InChI=1S/C17H36N2O/c1-3-5-9-16(18)10-14-19(4-2)17(13-15-20)11-7-6-8-12-17/h16,20H,3-15,18H2,1-2H3. The van der Waals surface area contributed by atoms with Gasteiger partial charge in [-0.2, -0.15) is 0 Å². The normalized spacial score (nSPS) is 20.2. The first-order valence-electron chi connectivity index (χ1n) is 8.80. The van der Waals surface area contributed by atoms with E-state index in [2.05, 4.69) is 18.7 Å². The Morgan fingerprint density at radius 3 is 2.40 bits per heavy atom. The van der Waals surface area contributed by atoms with Gasteiger partial charge in [0.1, 0.15) is 0 Å². The quantitative estimate of drug-likeness (QED) is 0.647. The molecule has 0 heterocycles. The van der Waals surface area contributed by atoms with Crippen LogP contribution in [0.3, 0.4) is 0 Å². The molecule has 0 bridgehead atoms. The summed E-state index contributed by atoms with van der Waals surface area (Å²) in [5.74, 6) is 0. The van der Waals surface area contributed by atoms with Crippen molar-refractivity contribution < 1.29 is 5.11 Å². The molecule has 0 aromatic heterocycles. The SMILES string of the molecule is CCCCC(N)CCN(CC)C1(CCO)CCCCC1. The summed E-state index contributed by atoms with van der Waals surface area (Å²) >= 11 is 0. The van der Waals surface area contributed by atoms with Crippen LogP contribution in [0.25, 0.3) is 0 Å². The van der Waals surface area contributed by atoms with Gasteiger partial charge in [0.05, 0.1) is 0 Å². The number of aliphatic hydroxyl groups is 1. The lowest BCUT2D eigenvalue weighted by atomic mass is 9.77. The number of unbranched alkanes of at least 4 members (excludes halogenated alkanes) is 1. The number of hydrogen-bond donors (Lipinski definition) is 2. The maximum atomic E-state index is 9.47. The summed E-state index contributed by atoms with van der Waals surface area (Å²) in [6.45, 7) is 6.98. The van der Waals surface area contributed by atoms with E-state index in [9.17, 15) is 5.11 Å². The first-order valence-corrected chi connectivity index (χ1v) is 8.80. The van der Waals surface area contributed by atoms with E-state index >= 15 is 0 Å². The molecule has 1 atom stereocenters. The van der Waals surface area contributed by atoms with Crippen LogP contribution in [0.1, 0.15) is 78.1 Å². The molecule has 120 valence electrons. The second kappa shape index (κ2) is 9.75. The predicted molar refractivity (Wildman–Crippen MR) is 86.9 cm³/mol. The molecule has 0 saturated heterocycles. The fourth-order valence-electron chi connectivity index (χ4n) is 3.81. The summed E-state index contributed by atoms with van der Waals surface area (Å²) in [5, 5.41) is 9.47. The van der Waals surface area contributed by atoms with Crippen molar-refractivity contribution in [2.75, 3.05) is 19.7 Å². The van der Waals surface area contributed by atoms with Crippen LogP contribution in [0.5, 0.6) is 0 Å². The number of nitrogens with zero attached hydrogens (tertiary/aromatic N) is 1. The molecule has 3 heteroatoms. The lowest BCUT2D eigenvalue weighted by molar-refractivity contribution is 0.0291. The van der Waals surface area contributed by atoms with Crippen molar-refractivity contribution in [1.29, 1.82) is 0 Å². The Morgan fingerprint density at radius 1 is 1.15 bits per heavy atom. The number of nitrogens with two attached hydrogens (primary N) is 1. The molecule has 0 spiro atoms. The second-order valence-corrected chi connectivity index (χ2v) is 6.53. The first-order chi connectivity index (χ1) is 9.68. The summed E-state index contributed by atoms with van der Waals surface area (Å²) in [6, 6.07) is 0.346. The molecule has 1 fully saturated rings. The van der Waals surface area contributed by atoms with Gasteiger partial charge in [0.25, 0.3) is 0 Å². The van der Waals surface area contributed by atoms with Gasteiger partial charge in [-0.1, -0.05) is 46.0 Å². The molecule has 1 unspecified atom stereocenters. The van der Waals surface area contributed by atoms with E-state index in [4.69, 9.17) is 5.73 Å². The topological polar surface area (TPSA) is 49.5 Å². The number of aliphatic hydroxyl groups excluding tert-OH is 1. The second-order valence-electron chi connectivity index (χ2n) is 6.53. The molecule has 3 N–H and O–H groups in total. The molecular weight excluding hydrogens is 248 g/mol. The highest BCUT2D eigenvalue weighted by Crippen LogP contribution is 2.36. The van der Waals surface area contributed by atoms with E-state index in [1.807, 2.05) is 0 Å². The van der Waals surface area contributed by atoms with Gasteiger partial charge in [-0.25, -0.2) is 0 Å². The lowest BCUT2D eigenvalue weighted by Gasteiger charge is -2.46. The molecule has 1 aliphatic rings. The average molecular weight is 284 g/mol. The van der Waals surface area contributed by atoms with E-state index in [0.29, 0.717) is 12.6 Å². The van der Waals surface area contributed by atoms with Crippen LogP contribution in [0.4, 0.5) is 0 Å². The maximum Gasteiger partial charge on any atom is 0.0448 e. The molecule has 20 heavy (non-hydrogen) atoms. The zero-order valence-corrected chi connectivity index (χ0v) is 13.7. The van der Waals surface area contributed by atoms with Gasteiger partial charge in [-0.3, -0.25) is 4.90 Å². The van der Waals surface area contributed by atoms with Crippen LogP contribution in [0.15, 0.2) is 0 Å². The smallest absolute Gasteiger partial charge is 0.0448 e. The third-order valence-electron chi connectivity index (χ3n) is 5.11. The first kappa shape index (κ1) is 17.9. The summed E-state index contributed by atoms with van der Waals surface area (Å²) in [4.78, 5) is 2.62. The Morgan fingerprint density at radius 2 is 1.85 bits per heavy atom. The minimum atomic E-state index is 0.256. The molecule has 1 rings (SSSR count). The third kappa shape index (κ3) is 5.34. The summed E-state index contributed by atoms with van der Waals surface area (Å²) in [6.07, 6.45) is 12.2. The Balaban J connectivity index is 2.52. The zero-order chi connectivity index (χ0) is 14.8. The Bertz CT molecular complexity index is 234. The summed E-state index contributed by atoms with van der Waals surface area (Å²) < 4.78 is 0. The monoisotopic (exact) mass is 284 g/mol. The summed E-state index contributed by atoms with van der Waals surface area (Å²) in [7, 11) is 0. The average Bonchev–Trinajstić information content (AvgIpc) is 2.47. The van der Waals surface area contributed by atoms with Gasteiger partial charge in [-0.05, 0) is 38.6 Å². The van der Waals surface area contributed by atoms with Crippen LogP contribution < -0.4 is 5.73 Å². The minimum absolute atomic E-state index is 0.256. The molecule has 0 radical (unpaired) electrons. The molecule has 3 nitrogen and oxygen atoms in total. The van der Waals surface area contributed by atoms with E-state index < -0.39 is 0 Å². The van der Waals surface area contributed by atoms with Crippen molar-refractivity contribution >= 4 is 0 Å². The van der Waals surface area contributed by atoms with Crippen LogP contribution >= 0.6 is 0 Å². The summed E-state index contributed by atoms with van der Waals surface area (Å²) in [5.41, 5.74) is 6.49. The molecule has 1 aliphatic carbocycles. The van der Waals surface area contributed by atoms with E-state index in [1.54, 1.807) is 0 Å². The van der Waals surface area contributed by atoms with Crippen LogP contribution in [-0.2, 0) is 0 Å². The highest BCUT2D eigenvalue weighted by molar-refractivity contribution is 4.93. The van der Waals surface area contributed by atoms with Gasteiger partial charge in [0, 0.05) is 24.7 Å². The molecule has 0 amide bonds. The third-order valence-corrected chi connectivity index (χ3v) is 5.11. The molecule has 1 saturated carbocycles. The van der Waals surface area contributed by atoms with Crippen molar-refractivity contribution in [1.82, 2.24) is 4.90 Å². The highest BCUT2D eigenvalue weighted by Gasteiger charge is 2.36. The van der Waals surface area contributed by atoms with Crippen molar-refractivity contribution in [3.63, 3.8) is 0 Å². The van der Waals surface area contributed by atoms with Crippen LogP contribution in [-0.4, -0.2) is 41.3 Å². The Labute approximate surface area is 125 Å². The number of hydrogen-bond acceptors (Lipinski definition) is 3. The van der Waals surface area contributed by atoms with Crippen molar-refractivity contribution in [2.45, 2.75) is 89.6 Å². The van der Waals surface area contributed by atoms with Crippen molar-refractivity contribution in [3.8, 4) is 0 Å². The van der Waals surface area contributed by atoms with E-state index in [1.165, 1.54) is 44.9 Å². The molecule has 0 aliphatic heterocycles. The zero-order valence-electron chi connectivity index (χ0n) is 13.7. The van der Waals surface area contributed by atoms with Gasteiger partial charge in [0.15, 0.2) is 0 Å². The van der Waals surface area contributed by atoms with Gasteiger partial charge >= 0.3 is 0 Å². The van der Waals surface area contributed by atoms with Gasteiger partial charge in [-0.15, -0.1) is 0 Å². The fourth-order valence-corrected chi connectivity index (χ4v) is 3.81. The number of rotatable bonds is 10. The Kier molecular flexibility index (Phi) is 8.74. The highest BCUT2D eigenvalue weighted by atomic mass is 16.3. The van der Waals surface area contributed by atoms with Gasteiger partial charge in [0.2, 0.25) is 0 Å². The Hall–Kier alpha value is -0.120. The molecular formula is C17H36N2O. The lowest BCUT2D eigenvalue weighted by Crippen LogP contribution is -2.51. The largest absolute Gasteiger partial charge is 0.396 e. The minimum Gasteiger partial charge on any atom is -0.396 e. The van der Waals surface area contributed by atoms with E-state index in [0.717, 1.165) is 32.4 Å². The van der Waals surface area contributed by atoms with Gasteiger partial charge < -0.3 is 10.8 Å². The fraction of sp³-hybridized carbons (Fsp3) is 1.00. The molecule has 0 aromatic carbocycles.